The van der Waals surface area contributed by atoms with Crippen molar-refractivity contribution in [1.29, 1.82) is 0 Å². The van der Waals surface area contributed by atoms with Crippen LogP contribution in [0.2, 0.25) is 13.1 Å². The molecule has 0 amide bonds. The number of benzene rings is 6. The number of rotatable bonds is 6. The first-order valence-electron chi connectivity index (χ1n) is 15.3. The van der Waals surface area contributed by atoms with Crippen LogP contribution in [0.3, 0.4) is 0 Å². The summed E-state index contributed by atoms with van der Waals surface area (Å²) in [4.78, 5) is 0. The molecule has 0 saturated heterocycles. The lowest BCUT2D eigenvalue weighted by atomic mass is 10.1. The minimum atomic E-state index is -2.48. The Balaban J connectivity index is 1.22. The molecule has 0 atom stereocenters. The van der Waals surface area contributed by atoms with E-state index in [9.17, 15) is 0 Å². The molecule has 0 fully saturated rings. The SMILES string of the molecule is C[Si](C)(c1ccccc1Op1oc2ccccc2c2ccccc2o1)c1ccccc1Op1oc2ccccc2c2ccccc2o1. The Labute approximate surface area is 274 Å². The van der Waals surface area contributed by atoms with Gasteiger partial charge in [-0.3, -0.25) is 0 Å². The lowest BCUT2D eigenvalue weighted by Gasteiger charge is -2.27. The maximum Gasteiger partial charge on any atom is 0.453 e. The Morgan fingerprint density at radius 2 is 0.660 bits per heavy atom. The van der Waals surface area contributed by atoms with Gasteiger partial charge in [0, 0.05) is 21.5 Å². The van der Waals surface area contributed by atoms with Gasteiger partial charge in [0.25, 0.3) is 0 Å². The summed E-state index contributed by atoms with van der Waals surface area (Å²) in [6, 6.07) is 48.1. The quantitative estimate of drug-likeness (QED) is 0.164. The molecule has 9 heteroatoms. The number of hydrogen-bond acceptors (Lipinski definition) is 6. The van der Waals surface area contributed by atoms with Crippen molar-refractivity contribution >= 4 is 78.8 Å². The highest BCUT2D eigenvalue weighted by Crippen LogP contribution is 2.39. The van der Waals surface area contributed by atoms with E-state index in [1.807, 2.05) is 133 Å². The van der Waals surface area contributed by atoms with E-state index in [-0.39, 0.29) is 0 Å². The van der Waals surface area contributed by atoms with Crippen molar-refractivity contribution < 1.29 is 25.8 Å². The van der Waals surface area contributed by atoms with Crippen LogP contribution in [0.4, 0.5) is 0 Å². The van der Waals surface area contributed by atoms with Crippen molar-refractivity contribution in [3.8, 4) is 11.5 Å². The minimum absolute atomic E-state index is 0.720. The fourth-order valence-electron chi connectivity index (χ4n) is 5.94. The van der Waals surface area contributed by atoms with Gasteiger partial charge in [-0.1, -0.05) is 122 Å². The molecule has 6 nitrogen and oxygen atoms in total. The number of hydrogen-bond donors (Lipinski definition) is 0. The molecule has 0 aliphatic rings. The molecule has 0 N–H and O–H groups in total. The molecule has 0 spiro atoms. The van der Waals surface area contributed by atoms with Gasteiger partial charge >= 0.3 is 16.5 Å². The second kappa shape index (κ2) is 12.3. The van der Waals surface area contributed by atoms with Gasteiger partial charge in [0.15, 0.2) is 0 Å². The van der Waals surface area contributed by atoms with Crippen LogP contribution in [0.15, 0.2) is 162 Å². The van der Waals surface area contributed by atoms with E-state index in [4.69, 9.17) is 25.8 Å². The Kier molecular flexibility index (Phi) is 7.66. The van der Waals surface area contributed by atoms with E-state index < -0.39 is 24.6 Å². The smallest absolute Gasteiger partial charge is 0.391 e. The van der Waals surface area contributed by atoms with E-state index in [1.54, 1.807) is 0 Å². The zero-order valence-corrected chi connectivity index (χ0v) is 28.5. The molecular weight excluding hydrogens is 642 g/mol. The highest BCUT2D eigenvalue weighted by molar-refractivity contribution is 7.32. The third kappa shape index (κ3) is 5.64. The van der Waals surface area contributed by atoms with Crippen LogP contribution >= 0.6 is 16.5 Å². The molecule has 0 saturated carbocycles. The third-order valence-corrected chi connectivity index (χ3v) is 13.9. The van der Waals surface area contributed by atoms with Crippen LogP contribution in [0.5, 0.6) is 11.5 Å². The zero-order chi connectivity index (χ0) is 31.8. The molecule has 232 valence electrons. The summed E-state index contributed by atoms with van der Waals surface area (Å²) in [5.41, 5.74) is 2.91. The standard InChI is InChI=1S/C38H30O6P2Si/c1-47(2,37-25-13-11-23-35(37)43-45-39-31-19-7-3-15-27(31)28-16-4-8-20-32(28)40-45)38-26-14-12-24-36(38)44-46-41-33-21-9-5-17-29(33)30-18-6-10-22-34(30)42-46/h3-26H,1-2H3. The van der Waals surface area contributed by atoms with Crippen molar-refractivity contribution in [2.45, 2.75) is 13.1 Å². The number of fused-ring (bicyclic) bond motifs is 6. The Bertz CT molecular complexity index is 2200. The third-order valence-electron chi connectivity index (χ3n) is 8.29. The Hall–Kier alpha value is -5.06. The first kappa shape index (κ1) is 29.3. The molecule has 47 heavy (non-hydrogen) atoms. The lowest BCUT2D eigenvalue weighted by Crippen LogP contribution is -2.53. The minimum Gasteiger partial charge on any atom is -0.391 e. The summed E-state index contributed by atoms with van der Waals surface area (Å²) in [5.74, 6) is 1.44. The molecule has 0 aliphatic heterocycles. The van der Waals surface area contributed by atoms with Crippen LogP contribution < -0.4 is 19.4 Å². The van der Waals surface area contributed by atoms with Crippen LogP contribution in [-0.4, -0.2) is 8.07 Å². The Morgan fingerprint density at radius 1 is 0.383 bits per heavy atom. The van der Waals surface area contributed by atoms with E-state index in [1.165, 1.54) is 0 Å². The molecule has 0 bridgehead atoms. The van der Waals surface area contributed by atoms with E-state index in [0.29, 0.717) is 0 Å². The van der Waals surface area contributed by atoms with Crippen LogP contribution in [0.25, 0.3) is 43.9 Å². The maximum atomic E-state index is 6.64. The van der Waals surface area contributed by atoms with Gasteiger partial charge in [0.2, 0.25) is 0 Å². The largest absolute Gasteiger partial charge is 0.453 e. The fraction of sp³-hybridized carbons (Fsp3) is 0.0526. The normalized spacial score (nSPS) is 11.6. The summed E-state index contributed by atoms with van der Waals surface area (Å²) < 4.78 is 38.8. The van der Waals surface area contributed by atoms with Gasteiger partial charge in [-0.25, -0.2) is 0 Å². The molecule has 0 unspecified atom stereocenters. The van der Waals surface area contributed by atoms with Crippen LogP contribution in [0, 0.1) is 0 Å². The molecule has 6 aromatic carbocycles. The van der Waals surface area contributed by atoms with Crippen molar-refractivity contribution in [2.24, 2.45) is 0 Å². The van der Waals surface area contributed by atoms with E-state index in [0.717, 1.165) is 65.7 Å². The fourth-order valence-corrected chi connectivity index (χ4v) is 11.1. The predicted molar refractivity (Wildman–Crippen MR) is 194 cm³/mol. The van der Waals surface area contributed by atoms with Crippen molar-refractivity contribution in [1.82, 2.24) is 0 Å². The Morgan fingerprint density at radius 3 is 1.00 bits per heavy atom. The van der Waals surface area contributed by atoms with Crippen molar-refractivity contribution in [3.63, 3.8) is 0 Å². The molecule has 0 aliphatic carbocycles. The first-order valence-corrected chi connectivity index (χ1v) is 20.5. The highest BCUT2D eigenvalue weighted by Gasteiger charge is 2.33. The zero-order valence-electron chi connectivity index (χ0n) is 25.7. The molecule has 8 rings (SSSR count). The van der Waals surface area contributed by atoms with Gasteiger partial charge < -0.3 is 25.8 Å². The summed E-state index contributed by atoms with van der Waals surface area (Å²) in [6.45, 7) is 4.58. The maximum absolute atomic E-state index is 6.64. The monoisotopic (exact) mass is 672 g/mol. The molecule has 2 heterocycles. The van der Waals surface area contributed by atoms with Crippen molar-refractivity contribution in [3.05, 3.63) is 146 Å². The molecular formula is C38H30O6P2Si. The average Bonchev–Trinajstić information content (AvgIpc) is 3.36. The molecule has 0 radical (unpaired) electrons. The summed E-state index contributed by atoms with van der Waals surface area (Å²) in [7, 11) is -6.08. The van der Waals surface area contributed by atoms with E-state index >= 15 is 0 Å². The second-order valence-electron chi connectivity index (χ2n) is 11.6. The van der Waals surface area contributed by atoms with E-state index in [2.05, 4.69) is 25.2 Å². The first-order chi connectivity index (χ1) is 23.0. The second-order valence-corrected chi connectivity index (χ2v) is 17.9. The van der Waals surface area contributed by atoms with Gasteiger partial charge in [-0.05, 0) is 46.8 Å². The van der Waals surface area contributed by atoms with Crippen LogP contribution in [-0.2, 0) is 0 Å². The molecule has 8 aromatic rings. The lowest BCUT2D eigenvalue weighted by molar-refractivity contribution is 0.500. The summed E-state index contributed by atoms with van der Waals surface area (Å²) in [6.07, 6.45) is 0. The predicted octanol–water partition coefficient (Wildman–Crippen LogP) is 11.4. The summed E-state index contributed by atoms with van der Waals surface area (Å²) in [5, 5.41) is 6.06. The summed E-state index contributed by atoms with van der Waals surface area (Å²) >= 11 is 0. The highest BCUT2D eigenvalue weighted by atomic mass is 31.1. The molecule has 2 aromatic heterocycles. The van der Waals surface area contributed by atoms with Gasteiger partial charge in [-0.2, -0.15) is 0 Å². The average molecular weight is 673 g/mol. The van der Waals surface area contributed by atoms with Crippen LogP contribution in [0.1, 0.15) is 0 Å². The topological polar surface area (TPSA) is 71.0 Å². The van der Waals surface area contributed by atoms with Gasteiger partial charge in [0.1, 0.15) is 41.9 Å². The van der Waals surface area contributed by atoms with Gasteiger partial charge in [-0.15, -0.1) is 0 Å². The van der Waals surface area contributed by atoms with Crippen molar-refractivity contribution in [2.75, 3.05) is 0 Å². The van der Waals surface area contributed by atoms with Gasteiger partial charge in [0.05, 0.1) is 0 Å². The number of para-hydroxylation sites is 6.